The summed E-state index contributed by atoms with van der Waals surface area (Å²) >= 11 is 0. The molecule has 0 amide bonds. The molecule has 0 aliphatic rings. The average molecular weight is 337 g/mol. The number of rotatable bonds is 8. The monoisotopic (exact) mass is 337 g/mol. The molecule has 23 heavy (non-hydrogen) atoms. The van der Waals surface area contributed by atoms with Gasteiger partial charge in [-0.15, -0.1) is 0 Å². The molecule has 4 nitrogen and oxygen atoms in total. The van der Waals surface area contributed by atoms with Crippen LogP contribution in [0.4, 0.5) is 4.39 Å². The van der Waals surface area contributed by atoms with E-state index in [1.54, 1.807) is 0 Å². The maximum absolute atomic E-state index is 12.8. The van der Waals surface area contributed by atoms with Gasteiger partial charge in [-0.2, -0.15) is 0 Å². The van der Waals surface area contributed by atoms with Crippen LogP contribution in [0.2, 0.25) is 0 Å². The highest BCUT2D eigenvalue weighted by Gasteiger charge is 2.13. The first-order chi connectivity index (χ1) is 11.0. The normalized spacial score (nSPS) is 13.0. The molecular formula is C17H20FNO3S. The van der Waals surface area contributed by atoms with E-state index in [4.69, 9.17) is 4.74 Å². The first-order valence-electron chi connectivity index (χ1n) is 7.41. The molecule has 1 atom stereocenters. The third-order valence-corrected chi connectivity index (χ3v) is 4.85. The van der Waals surface area contributed by atoms with E-state index in [0.717, 1.165) is 17.7 Å². The minimum Gasteiger partial charge on any atom is -0.374 e. The van der Waals surface area contributed by atoms with Crippen molar-refractivity contribution < 1.29 is 17.5 Å². The van der Waals surface area contributed by atoms with E-state index in [1.165, 1.54) is 12.1 Å². The third kappa shape index (κ3) is 5.42. The topological polar surface area (TPSA) is 55.4 Å². The van der Waals surface area contributed by atoms with Crippen molar-refractivity contribution in [2.24, 2.45) is 0 Å². The first-order valence-corrected chi connectivity index (χ1v) is 8.89. The van der Waals surface area contributed by atoms with Gasteiger partial charge in [0.05, 0.1) is 11.0 Å². The van der Waals surface area contributed by atoms with Crippen molar-refractivity contribution in [3.8, 4) is 0 Å². The smallest absolute Gasteiger partial charge is 0.240 e. The van der Waals surface area contributed by atoms with Crippen LogP contribution in [0.25, 0.3) is 0 Å². The van der Waals surface area contributed by atoms with E-state index >= 15 is 0 Å². The van der Waals surface area contributed by atoms with Gasteiger partial charge in [0.25, 0.3) is 0 Å². The number of nitrogens with one attached hydrogen (secondary N) is 1. The predicted molar refractivity (Wildman–Crippen MR) is 87.0 cm³/mol. The van der Waals surface area contributed by atoms with Gasteiger partial charge in [-0.05, 0) is 43.2 Å². The van der Waals surface area contributed by atoms with Crippen LogP contribution in [0.5, 0.6) is 0 Å². The number of ether oxygens (including phenoxy) is 1. The second-order valence-corrected chi connectivity index (χ2v) is 6.90. The zero-order chi connectivity index (χ0) is 16.7. The Hall–Kier alpha value is -1.76. The fraction of sp³-hybridized carbons (Fsp3) is 0.294. The van der Waals surface area contributed by atoms with Crippen molar-refractivity contribution in [3.63, 3.8) is 0 Å². The van der Waals surface area contributed by atoms with Crippen molar-refractivity contribution in [2.75, 3.05) is 13.2 Å². The Morgan fingerprint density at radius 1 is 1.09 bits per heavy atom. The molecule has 0 fully saturated rings. The van der Waals surface area contributed by atoms with Crippen molar-refractivity contribution in [1.29, 1.82) is 0 Å². The molecule has 0 bridgehead atoms. The van der Waals surface area contributed by atoms with Gasteiger partial charge in [0.15, 0.2) is 0 Å². The van der Waals surface area contributed by atoms with E-state index in [1.807, 2.05) is 37.3 Å². The van der Waals surface area contributed by atoms with Crippen LogP contribution in [0.15, 0.2) is 59.5 Å². The Balaban J connectivity index is 1.74. The van der Waals surface area contributed by atoms with E-state index in [-0.39, 0.29) is 17.5 Å². The van der Waals surface area contributed by atoms with Gasteiger partial charge in [0.1, 0.15) is 5.82 Å². The lowest BCUT2D eigenvalue weighted by Crippen LogP contribution is -2.25. The molecule has 0 radical (unpaired) electrons. The molecule has 0 aliphatic heterocycles. The van der Waals surface area contributed by atoms with Gasteiger partial charge in [0, 0.05) is 13.2 Å². The van der Waals surface area contributed by atoms with Gasteiger partial charge < -0.3 is 4.74 Å². The fourth-order valence-electron chi connectivity index (χ4n) is 2.06. The summed E-state index contributed by atoms with van der Waals surface area (Å²) in [6.45, 7) is 2.67. The van der Waals surface area contributed by atoms with Gasteiger partial charge in [-0.3, -0.25) is 0 Å². The SMILES string of the molecule is CC(OCCCNS(=O)(=O)c1ccc(F)cc1)c1ccccc1. The molecule has 0 aliphatic carbocycles. The molecule has 6 heteroatoms. The van der Waals surface area contributed by atoms with Crippen molar-refractivity contribution in [1.82, 2.24) is 4.72 Å². The summed E-state index contributed by atoms with van der Waals surface area (Å²) in [5.41, 5.74) is 1.08. The highest BCUT2D eigenvalue weighted by atomic mass is 32.2. The highest BCUT2D eigenvalue weighted by Crippen LogP contribution is 2.16. The molecule has 2 aromatic carbocycles. The molecular weight excluding hydrogens is 317 g/mol. The van der Waals surface area contributed by atoms with Gasteiger partial charge >= 0.3 is 0 Å². The van der Waals surface area contributed by atoms with E-state index < -0.39 is 15.8 Å². The lowest BCUT2D eigenvalue weighted by Gasteiger charge is -2.13. The standard InChI is InChI=1S/C17H20FNO3S/c1-14(15-6-3-2-4-7-15)22-13-5-12-19-23(20,21)17-10-8-16(18)9-11-17/h2-4,6-11,14,19H,5,12-13H2,1H3. The molecule has 0 spiro atoms. The minimum atomic E-state index is -3.60. The molecule has 1 N–H and O–H groups in total. The number of benzene rings is 2. The predicted octanol–water partition coefficient (Wildman–Crippen LogP) is 3.27. The largest absolute Gasteiger partial charge is 0.374 e. The van der Waals surface area contributed by atoms with Crippen molar-refractivity contribution >= 4 is 10.0 Å². The summed E-state index contributed by atoms with van der Waals surface area (Å²) in [7, 11) is -3.60. The summed E-state index contributed by atoms with van der Waals surface area (Å²) in [4.78, 5) is 0.0532. The molecule has 0 saturated heterocycles. The fourth-order valence-corrected chi connectivity index (χ4v) is 3.13. The maximum Gasteiger partial charge on any atom is 0.240 e. The van der Waals surface area contributed by atoms with Crippen LogP contribution >= 0.6 is 0 Å². The molecule has 1 unspecified atom stereocenters. The quantitative estimate of drug-likeness (QED) is 0.752. The van der Waals surface area contributed by atoms with E-state index in [2.05, 4.69) is 4.72 Å². The first kappa shape index (κ1) is 17.6. The second kappa shape index (κ2) is 8.19. The van der Waals surface area contributed by atoms with E-state index in [0.29, 0.717) is 13.0 Å². The Labute approximate surface area is 136 Å². The zero-order valence-electron chi connectivity index (χ0n) is 12.9. The summed E-state index contributed by atoms with van der Waals surface area (Å²) < 4.78 is 44.9. The molecule has 0 heterocycles. The Kier molecular flexibility index (Phi) is 6.27. The van der Waals surface area contributed by atoms with Gasteiger partial charge in [-0.1, -0.05) is 30.3 Å². The zero-order valence-corrected chi connectivity index (χ0v) is 13.7. The second-order valence-electron chi connectivity index (χ2n) is 5.13. The molecule has 2 rings (SSSR count). The van der Waals surface area contributed by atoms with Gasteiger partial charge in [0.2, 0.25) is 10.0 Å². The Bertz CT molecular complexity index is 702. The van der Waals surface area contributed by atoms with Crippen molar-refractivity contribution in [3.05, 3.63) is 66.0 Å². The highest BCUT2D eigenvalue weighted by molar-refractivity contribution is 7.89. The van der Waals surface area contributed by atoms with Gasteiger partial charge in [-0.25, -0.2) is 17.5 Å². The van der Waals surface area contributed by atoms with Crippen LogP contribution in [-0.2, 0) is 14.8 Å². The summed E-state index contributed by atoms with van der Waals surface area (Å²) in [6.07, 6.45) is 0.516. The van der Waals surface area contributed by atoms with Crippen LogP contribution in [-0.4, -0.2) is 21.6 Å². The van der Waals surface area contributed by atoms with Crippen molar-refractivity contribution in [2.45, 2.75) is 24.3 Å². The summed E-state index contributed by atoms with van der Waals surface area (Å²) in [5, 5.41) is 0. The average Bonchev–Trinajstić information content (AvgIpc) is 2.55. The number of hydrogen-bond donors (Lipinski definition) is 1. The summed E-state index contributed by atoms with van der Waals surface area (Å²) in [5.74, 6) is -0.466. The maximum atomic E-state index is 12.8. The molecule has 0 aromatic heterocycles. The van der Waals surface area contributed by atoms with Crippen LogP contribution in [0, 0.1) is 5.82 Å². The molecule has 0 saturated carbocycles. The van der Waals surface area contributed by atoms with Crippen LogP contribution in [0.1, 0.15) is 25.0 Å². The van der Waals surface area contributed by atoms with E-state index in [9.17, 15) is 12.8 Å². The Morgan fingerprint density at radius 2 is 1.74 bits per heavy atom. The summed E-state index contributed by atoms with van der Waals surface area (Å²) in [6, 6.07) is 14.6. The molecule has 124 valence electrons. The Morgan fingerprint density at radius 3 is 2.39 bits per heavy atom. The van der Waals surface area contributed by atoms with Crippen LogP contribution < -0.4 is 4.72 Å². The number of halogens is 1. The third-order valence-electron chi connectivity index (χ3n) is 3.37. The lowest BCUT2D eigenvalue weighted by molar-refractivity contribution is 0.0647. The van der Waals surface area contributed by atoms with Crippen LogP contribution in [0.3, 0.4) is 0 Å². The number of hydrogen-bond acceptors (Lipinski definition) is 3. The minimum absolute atomic E-state index is 0.0371. The number of sulfonamides is 1. The molecule has 2 aromatic rings. The lowest BCUT2D eigenvalue weighted by atomic mass is 10.1.